The number of hydrogen-bond acceptors (Lipinski definition) is 3. The molecular weight excluding hydrogens is 302 g/mol. The van der Waals surface area contributed by atoms with Crippen molar-refractivity contribution in [1.29, 1.82) is 0 Å². The van der Waals surface area contributed by atoms with Gasteiger partial charge in [0.2, 0.25) is 0 Å². The predicted octanol–water partition coefficient (Wildman–Crippen LogP) is 2.73. The van der Waals surface area contributed by atoms with Crippen molar-refractivity contribution in [2.75, 3.05) is 0 Å². The highest BCUT2D eigenvalue weighted by molar-refractivity contribution is 6.06. The molecule has 0 spiro atoms. The molecule has 0 bridgehead atoms. The zero-order chi connectivity index (χ0) is 16.5. The molecule has 4 rings (SSSR count). The van der Waals surface area contributed by atoms with E-state index in [1.165, 1.54) is 9.58 Å². The van der Waals surface area contributed by atoms with Gasteiger partial charge in [-0.25, -0.2) is 4.68 Å². The molecule has 2 amide bonds. The zero-order valence-corrected chi connectivity index (χ0v) is 12.9. The maximum absolute atomic E-state index is 12.7. The molecule has 1 aliphatic rings. The van der Waals surface area contributed by atoms with Crippen LogP contribution in [0.15, 0.2) is 66.7 Å². The lowest BCUT2D eigenvalue weighted by Gasteiger charge is -2.25. The average Bonchev–Trinajstić information content (AvgIpc) is 3.04. The normalized spacial score (nSPS) is 13.9. The number of amides is 2. The fraction of sp³-hybridized carbons (Fsp3) is 0.105. The van der Waals surface area contributed by atoms with Crippen LogP contribution in [0.4, 0.5) is 0 Å². The smallest absolute Gasteiger partial charge is 0.272 e. The predicted molar refractivity (Wildman–Crippen MR) is 89.0 cm³/mol. The molecule has 24 heavy (non-hydrogen) atoms. The van der Waals surface area contributed by atoms with Crippen molar-refractivity contribution in [1.82, 2.24) is 14.7 Å². The van der Waals surface area contributed by atoms with Gasteiger partial charge in [-0.1, -0.05) is 60.7 Å². The number of carbonyl (C=O) groups excluding carboxylic acids is 2. The topological polar surface area (TPSA) is 55.2 Å². The summed E-state index contributed by atoms with van der Waals surface area (Å²) in [5.41, 5.74) is 3.00. The first kappa shape index (κ1) is 14.4. The third-order valence-corrected chi connectivity index (χ3v) is 4.08. The molecule has 5 heteroatoms. The summed E-state index contributed by atoms with van der Waals surface area (Å²) in [6, 6.07) is 20.9. The lowest BCUT2D eigenvalue weighted by molar-refractivity contribution is -0.130. The minimum absolute atomic E-state index is 0.0841. The zero-order valence-electron chi connectivity index (χ0n) is 12.9. The van der Waals surface area contributed by atoms with E-state index in [2.05, 4.69) is 5.10 Å². The Hall–Kier alpha value is -3.21. The number of rotatable bonds is 3. The molecule has 118 valence electrons. The van der Waals surface area contributed by atoms with E-state index in [4.69, 9.17) is 0 Å². The Morgan fingerprint density at radius 3 is 2.29 bits per heavy atom. The number of nitrogens with zero attached hydrogens (tertiary/aromatic N) is 3. The third kappa shape index (κ3) is 2.50. The Bertz CT molecular complexity index is 901. The van der Waals surface area contributed by atoms with Gasteiger partial charge in [-0.05, 0) is 11.6 Å². The number of carbonyl (C=O) groups is 2. The number of imide groups is 1. The second-order valence-electron chi connectivity index (χ2n) is 5.71. The number of hydrogen-bond donors (Lipinski definition) is 0. The monoisotopic (exact) mass is 317 g/mol. The molecule has 0 fully saturated rings. The quantitative estimate of drug-likeness (QED) is 0.698. The minimum atomic E-state index is -0.301. The summed E-state index contributed by atoms with van der Waals surface area (Å²) >= 11 is 0. The van der Waals surface area contributed by atoms with Crippen LogP contribution in [0.1, 0.15) is 16.1 Å². The molecule has 0 radical (unpaired) electrons. The van der Waals surface area contributed by atoms with Crippen molar-refractivity contribution < 1.29 is 9.59 Å². The van der Waals surface area contributed by atoms with E-state index in [1.807, 2.05) is 60.7 Å². The van der Waals surface area contributed by atoms with Gasteiger partial charge in [0.1, 0.15) is 12.2 Å². The standard InChI is InChI=1S/C19H15N3O2/c23-18-13-22-17(11-16(20-22)15-9-5-2-6-10-15)19(24)21(18)12-14-7-3-1-4-8-14/h1-11H,12-13H2. The van der Waals surface area contributed by atoms with Crippen LogP contribution in [-0.4, -0.2) is 26.5 Å². The van der Waals surface area contributed by atoms with Gasteiger partial charge in [0.05, 0.1) is 12.2 Å². The van der Waals surface area contributed by atoms with Crippen LogP contribution in [0, 0.1) is 0 Å². The van der Waals surface area contributed by atoms with Crippen molar-refractivity contribution in [3.05, 3.63) is 78.0 Å². The summed E-state index contributed by atoms with van der Waals surface area (Å²) in [4.78, 5) is 26.4. The molecule has 0 saturated carbocycles. The highest BCUT2D eigenvalue weighted by Gasteiger charge is 2.32. The van der Waals surface area contributed by atoms with Gasteiger partial charge in [-0.3, -0.25) is 14.5 Å². The first-order valence-electron chi connectivity index (χ1n) is 7.74. The molecule has 2 aromatic carbocycles. The summed E-state index contributed by atoms with van der Waals surface area (Å²) in [6.07, 6.45) is 0. The van der Waals surface area contributed by atoms with E-state index in [0.717, 1.165) is 11.1 Å². The first-order chi connectivity index (χ1) is 11.7. The van der Waals surface area contributed by atoms with E-state index in [1.54, 1.807) is 6.07 Å². The highest BCUT2D eigenvalue weighted by Crippen LogP contribution is 2.23. The Morgan fingerprint density at radius 2 is 1.58 bits per heavy atom. The summed E-state index contributed by atoms with van der Waals surface area (Å²) < 4.78 is 1.49. The van der Waals surface area contributed by atoms with Gasteiger partial charge in [0, 0.05) is 5.56 Å². The van der Waals surface area contributed by atoms with E-state index < -0.39 is 0 Å². The van der Waals surface area contributed by atoms with Gasteiger partial charge < -0.3 is 0 Å². The average molecular weight is 317 g/mol. The second kappa shape index (κ2) is 5.77. The fourth-order valence-corrected chi connectivity index (χ4v) is 2.85. The lowest BCUT2D eigenvalue weighted by atomic mass is 10.1. The minimum Gasteiger partial charge on any atom is -0.272 e. The maximum atomic E-state index is 12.7. The van der Waals surface area contributed by atoms with Gasteiger partial charge in [-0.2, -0.15) is 5.10 Å². The summed E-state index contributed by atoms with van der Waals surface area (Å²) in [5.74, 6) is -0.538. The lowest BCUT2D eigenvalue weighted by Crippen LogP contribution is -2.44. The Morgan fingerprint density at radius 1 is 0.917 bits per heavy atom. The maximum Gasteiger partial charge on any atom is 0.279 e. The molecule has 0 unspecified atom stereocenters. The summed E-state index contributed by atoms with van der Waals surface area (Å²) in [6.45, 7) is 0.366. The number of fused-ring (bicyclic) bond motifs is 1. The van der Waals surface area contributed by atoms with Crippen LogP contribution in [-0.2, 0) is 17.9 Å². The second-order valence-corrected chi connectivity index (χ2v) is 5.71. The number of benzene rings is 2. The molecule has 0 N–H and O–H groups in total. The van der Waals surface area contributed by atoms with Gasteiger partial charge in [0.25, 0.3) is 11.8 Å². The highest BCUT2D eigenvalue weighted by atomic mass is 16.2. The molecule has 0 atom stereocenters. The van der Waals surface area contributed by atoms with Crippen LogP contribution in [0.2, 0.25) is 0 Å². The molecule has 3 aromatic rings. The van der Waals surface area contributed by atoms with Crippen LogP contribution >= 0.6 is 0 Å². The summed E-state index contributed by atoms with van der Waals surface area (Å²) in [5, 5.41) is 4.41. The molecule has 1 aliphatic heterocycles. The Labute approximate surface area is 139 Å². The first-order valence-corrected chi connectivity index (χ1v) is 7.74. The molecule has 5 nitrogen and oxygen atoms in total. The van der Waals surface area contributed by atoms with Crippen molar-refractivity contribution in [3.63, 3.8) is 0 Å². The molecular formula is C19H15N3O2. The van der Waals surface area contributed by atoms with Crippen molar-refractivity contribution in [2.45, 2.75) is 13.1 Å². The van der Waals surface area contributed by atoms with Gasteiger partial charge in [-0.15, -0.1) is 0 Å². The largest absolute Gasteiger partial charge is 0.279 e. The van der Waals surface area contributed by atoms with E-state index in [-0.39, 0.29) is 24.9 Å². The van der Waals surface area contributed by atoms with Crippen molar-refractivity contribution in [2.24, 2.45) is 0 Å². The van der Waals surface area contributed by atoms with Gasteiger partial charge in [0.15, 0.2) is 0 Å². The van der Waals surface area contributed by atoms with E-state index in [9.17, 15) is 9.59 Å². The van der Waals surface area contributed by atoms with Gasteiger partial charge >= 0.3 is 0 Å². The number of aromatic nitrogens is 2. The Balaban J connectivity index is 1.66. The summed E-state index contributed by atoms with van der Waals surface area (Å²) in [7, 11) is 0. The molecule has 0 aliphatic carbocycles. The molecule has 2 heterocycles. The van der Waals surface area contributed by atoms with Crippen molar-refractivity contribution >= 4 is 11.8 Å². The van der Waals surface area contributed by atoms with Crippen LogP contribution in [0.25, 0.3) is 11.3 Å². The fourth-order valence-electron chi connectivity index (χ4n) is 2.85. The Kier molecular flexibility index (Phi) is 3.46. The van der Waals surface area contributed by atoms with Crippen LogP contribution in [0.5, 0.6) is 0 Å². The van der Waals surface area contributed by atoms with E-state index >= 15 is 0 Å². The van der Waals surface area contributed by atoms with E-state index in [0.29, 0.717) is 11.4 Å². The molecule has 1 aromatic heterocycles. The van der Waals surface area contributed by atoms with Crippen LogP contribution in [0.3, 0.4) is 0 Å². The van der Waals surface area contributed by atoms with Crippen LogP contribution < -0.4 is 0 Å². The molecule has 0 saturated heterocycles. The third-order valence-electron chi connectivity index (χ3n) is 4.08. The SMILES string of the molecule is O=C1Cn2nc(-c3ccccc3)cc2C(=O)N1Cc1ccccc1. The van der Waals surface area contributed by atoms with Crippen molar-refractivity contribution in [3.8, 4) is 11.3 Å².